The summed E-state index contributed by atoms with van der Waals surface area (Å²) in [6, 6.07) is 10.8. The molecule has 0 bridgehead atoms. The summed E-state index contributed by atoms with van der Waals surface area (Å²) < 4.78 is 20.1. The summed E-state index contributed by atoms with van der Waals surface area (Å²) in [5, 5.41) is 3.83. The van der Waals surface area contributed by atoms with Crippen LogP contribution >= 0.6 is 11.3 Å². The minimum absolute atomic E-state index is 0.0129. The number of anilines is 2. The van der Waals surface area contributed by atoms with Crippen molar-refractivity contribution >= 4 is 38.3 Å². The molecule has 3 aromatic rings. The van der Waals surface area contributed by atoms with Crippen LogP contribution in [0, 0.1) is 18.7 Å². The Morgan fingerprint density at radius 3 is 2.79 bits per heavy atom. The Hall–Kier alpha value is -2.67. The second-order valence-corrected chi connectivity index (χ2v) is 8.05. The van der Waals surface area contributed by atoms with Crippen molar-refractivity contribution in [2.75, 3.05) is 30.4 Å². The predicted molar refractivity (Wildman–Crippen MR) is 111 cm³/mol. The fourth-order valence-corrected chi connectivity index (χ4v) is 4.56. The van der Waals surface area contributed by atoms with E-state index in [9.17, 15) is 9.18 Å². The maximum absolute atomic E-state index is 13.9. The lowest BCUT2D eigenvalue weighted by atomic mass is 9.96. The highest BCUT2D eigenvalue weighted by molar-refractivity contribution is 7.22. The highest BCUT2D eigenvalue weighted by atomic mass is 32.1. The van der Waals surface area contributed by atoms with E-state index < -0.39 is 0 Å². The maximum atomic E-state index is 13.9. The van der Waals surface area contributed by atoms with E-state index >= 15 is 0 Å². The number of aryl methyl sites for hydroxylation is 1. The van der Waals surface area contributed by atoms with E-state index in [0.717, 1.165) is 41.3 Å². The van der Waals surface area contributed by atoms with Crippen LogP contribution in [0.4, 0.5) is 15.2 Å². The quantitative estimate of drug-likeness (QED) is 0.696. The summed E-state index contributed by atoms with van der Waals surface area (Å²) in [4.78, 5) is 19.3. The van der Waals surface area contributed by atoms with E-state index in [1.807, 2.05) is 31.2 Å². The minimum Gasteiger partial charge on any atom is -0.495 e. The third-order valence-corrected chi connectivity index (χ3v) is 6.19. The number of thiazole rings is 1. The summed E-state index contributed by atoms with van der Waals surface area (Å²) in [5.41, 5.74) is 2.19. The average molecular weight is 399 g/mol. The fraction of sp³-hybridized carbons (Fsp3) is 0.333. The van der Waals surface area contributed by atoms with Gasteiger partial charge in [0.15, 0.2) is 5.13 Å². The molecule has 2 aromatic carbocycles. The number of hydrogen-bond acceptors (Lipinski definition) is 5. The van der Waals surface area contributed by atoms with E-state index in [1.165, 1.54) is 17.4 Å². The molecule has 0 atom stereocenters. The first-order valence-electron chi connectivity index (χ1n) is 9.30. The van der Waals surface area contributed by atoms with E-state index in [4.69, 9.17) is 4.74 Å². The van der Waals surface area contributed by atoms with Crippen LogP contribution < -0.4 is 15.0 Å². The minimum atomic E-state index is -0.290. The largest absolute Gasteiger partial charge is 0.495 e. The van der Waals surface area contributed by atoms with Gasteiger partial charge in [-0.15, -0.1) is 0 Å². The lowest BCUT2D eigenvalue weighted by Gasteiger charge is -2.31. The number of para-hydroxylation sites is 1. The summed E-state index contributed by atoms with van der Waals surface area (Å²) in [6.45, 7) is 3.43. The van der Waals surface area contributed by atoms with Gasteiger partial charge >= 0.3 is 0 Å². The first kappa shape index (κ1) is 18.7. The van der Waals surface area contributed by atoms with Crippen LogP contribution in [0.2, 0.25) is 0 Å². The Morgan fingerprint density at radius 1 is 1.29 bits per heavy atom. The first-order chi connectivity index (χ1) is 13.5. The van der Waals surface area contributed by atoms with Crippen molar-refractivity contribution in [1.29, 1.82) is 0 Å². The Labute approximate surface area is 167 Å². The summed E-state index contributed by atoms with van der Waals surface area (Å²) in [6.07, 6.45) is 1.47. The van der Waals surface area contributed by atoms with Crippen LogP contribution in [-0.4, -0.2) is 31.1 Å². The number of nitrogens with one attached hydrogen (secondary N) is 1. The van der Waals surface area contributed by atoms with E-state index in [2.05, 4.69) is 15.2 Å². The smallest absolute Gasteiger partial charge is 0.227 e. The van der Waals surface area contributed by atoms with E-state index in [0.29, 0.717) is 17.0 Å². The summed E-state index contributed by atoms with van der Waals surface area (Å²) in [7, 11) is 1.60. The molecule has 28 heavy (non-hydrogen) atoms. The van der Waals surface area contributed by atoms with Crippen molar-refractivity contribution in [3.8, 4) is 5.75 Å². The molecular formula is C21H22FN3O2S. The SMILES string of the molecule is COc1ccc(C)cc1NC(=O)C1CCN(c2nc3c(F)cccc3s2)CC1. The Morgan fingerprint density at radius 2 is 2.07 bits per heavy atom. The molecule has 1 amide bonds. The summed E-state index contributed by atoms with van der Waals surface area (Å²) in [5.74, 6) is 0.320. The number of amides is 1. The Bertz CT molecular complexity index is 1010. The number of fused-ring (bicyclic) bond motifs is 1. The maximum Gasteiger partial charge on any atom is 0.227 e. The molecule has 1 N–H and O–H groups in total. The molecule has 1 fully saturated rings. The number of carbonyl (C=O) groups is 1. The van der Waals surface area contributed by atoms with Crippen molar-refractivity contribution < 1.29 is 13.9 Å². The predicted octanol–water partition coefficient (Wildman–Crippen LogP) is 4.61. The molecule has 4 rings (SSSR count). The van der Waals surface area contributed by atoms with Gasteiger partial charge in [-0.25, -0.2) is 9.37 Å². The van der Waals surface area contributed by atoms with Crippen LogP contribution in [0.5, 0.6) is 5.75 Å². The number of piperidine rings is 1. The molecule has 0 saturated carbocycles. The second-order valence-electron chi connectivity index (χ2n) is 7.04. The number of benzene rings is 2. The Balaban J connectivity index is 1.41. The van der Waals surface area contributed by atoms with Gasteiger partial charge in [-0.2, -0.15) is 0 Å². The standard InChI is InChI=1S/C21H22FN3O2S/c1-13-6-7-17(27-2)16(12-13)23-20(26)14-8-10-25(11-9-14)21-24-19-15(22)4-3-5-18(19)28-21/h3-7,12,14H,8-11H2,1-2H3,(H,23,26). The normalized spacial score (nSPS) is 15.0. The molecule has 1 aliphatic heterocycles. The zero-order valence-corrected chi connectivity index (χ0v) is 16.7. The number of nitrogens with zero attached hydrogens (tertiary/aromatic N) is 2. The van der Waals surface area contributed by atoms with Crippen molar-refractivity contribution in [2.24, 2.45) is 5.92 Å². The topological polar surface area (TPSA) is 54.5 Å². The van der Waals surface area contributed by atoms with Crippen LogP contribution in [0.15, 0.2) is 36.4 Å². The highest BCUT2D eigenvalue weighted by Gasteiger charge is 2.27. The number of carbonyl (C=O) groups excluding carboxylic acids is 1. The number of rotatable bonds is 4. The monoisotopic (exact) mass is 399 g/mol. The average Bonchev–Trinajstić information content (AvgIpc) is 3.14. The molecule has 7 heteroatoms. The molecule has 2 heterocycles. The molecule has 0 radical (unpaired) electrons. The number of aromatic nitrogens is 1. The van der Waals surface area contributed by atoms with Gasteiger partial charge in [0.05, 0.1) is 17.5 Å². The van der Waals surface area contributed by atoms with Crippen LogP contribution in [0.25, 0.3) is 10.2 Å². The van der Waals surface area contributed by atoms with Gasteiger partial charge < -0.3 is 15.0 Å². The number of hydrogen-bond donors (Lipinski definition) is 1. The van der Waals surface area contributed by atoms with Gasteiger partial charge in [-0.1, -0.05) is 23.5 Å². The zero-order valence-electron chi connectivity index (χ0n) is 15.9. The molecule has 1 aromatic heterocycles. The molecule has 146 valence electrons. The molecular weight excluding hydrogens is 377 g/mol. The molecule has 1 saturated heterocycles. The highest BCUT2D eigenvalue weighted by Crippen LogP contribution is 2.33. The molecule has 0 unspecified atom stereocenters. The molecule has 5 nitrogen and oxygen atoms in total. The van der Waals surface area contributed by atoms with Crippen molar-refractivity contribution in [2.45, 2.75) is 19.8 Å². The van der Waals surface area contributed by atoms with Crippen LogP contribution in [-0.2, 0) is 4.79 Å². The van der Waals surface area contributed by atoms with Crippen molar-refractivity contribution in [3.63, 3.8) is 0 Å². The summed E-state index contributed by atoms with van der Waals surface area (Å²) >= 11 is 1.49. The van der Waals surface area contributed by atoms with Crippen molar-refractivity contribution in [3.05, 3.63) is 47.8 Å². The number of halogens is 1. The van der Waals surface area contributed by atoms with Gasteiger partial charge in [0.2, 0.25) is 5.91 Å². The number of ether oxygens (including phenoxy) is 1. The van der Waals surface area contributed by atoms with Gasteiger partial charge in [0.25, 0.3) is 0 Å². The Kier molecular flexibility index (Phi) is 5.17. The zero-order chi connectivity index (χ0) is 19.7. The number of methoxy groups -OCH3 is 1. The van der Waals surface area contributed by atoms with E-state index in [-0.39, 0.29) is 17.6 Å². The van der Waals surface area contributed by atoms with Crippen LogP contribution in [0.1, 0.15) is 18.4 Å². The molecule has 0 aliphatic carbocycles. The van der Waals surface area contributed by atoms with Crippen molar-refractivity contribution in [1.82, 2.24) is 4.98 Å². The third kappa shape index (κ3) is 3.67. The van der Waals surface area contributed by atoms with Gasteiger partial charge in [0, 0.05) is 19.0 Å². The fourth-order valence-electron chi connectivity index (χ4n) is 3.53. The third-order valence-electron chi connectivity index (χ3n) is 5.11. The first-order valence-corrected chi connectivity index (χ1v) is 10.1. The molecule has 0 spiro atoms. The lowest BCUT2D eigenvalue weighted by Crippen LogP contribution is -2.38. The van der Waals surface area contributed by atoms with Gasteiger partial charge in [-0.05, 0) is 49.6 Å². The second kappa shape index (κ2) is 7.75. The van der Waals surface area contributed by atoms with Crippen LogP contribution in [0.3, 0.4) is 0 Å². The van der Waals surface area contributed by atoms with E-state index in [1.54, 1.807) is 13.2 Å². The van der Waals surface area contributed by atoms with Gasteiger partial charge in [0.1, 0.15) is 17.1 Å². The lowest BCUT2D eigenvalue weighted by molar-refractivity contribution is -0.120. The molecule has 1 aliphatic rings. The van der Waals surface area contributed by atoms with Gasteiger partial charge in [-0.3, -0.25) is 4.79 Å².